The molecule has 0 spiro atoms. The molecule has 1 amide bonds. The number of esters is 1. The van der Waals surface area contributed by atoms with Gasteiger partial charge < -0.3 is 15.0 Å². The van der Waals surface area contributed by atoms with Crippen molar-refractivity contribution in [3.8, 4) is 0 Å². The monoisotopic (exact) mass is 350 g/mol. The van der Waals surface area contributed by atoms with Crippen molar-refractivity contribution >= 4 is 23.3 Å². The topological polar surface area (TPSA) is 58.6 Å². The number of cyclic esters (lactones) is 1. The summed E-state index contributed by atoms with van der Waals surface area (Å²) < 4.78 is 5.33. The Morgan fingerprint density at radius 3 is 2.69 bits per heavy atom. The lowest BCUT2D eigenvalue weighted by atomic mass is 9.98. The lowest BCUT2D eigenvalue weighted by molar-refractivity contribution is -0.125. The number of amides is 1. The van der Waals surface area contributed by atoms with Crippen molar-refractivity contribution in [3.05, 3.63) is 59.2 Å². The van der Waals surface area contributed by atoms with Crippen LogP contribution in [0.15, 0.2) is 42.5 Å². The molecular formula is C21H22N2O3. The van der Waals surface area contributed by atoms with Gasteiger partial charge in [-0.2, -0.15) is 0 Å². The fourth-order valence-electron chi connectivity index (χ4n) is 3.65. The predicted molar refractivity (Wildman–Crippen MR) is 101 cm³/mol. The SMILES string of the molecule is Cc1cc(N2CCCC2)ccc1NC(=O)C1Cc2ccccc2C(=O)O1. The average Bonchev–Trinajstić information content (AvgIpc) is 3.18. The van der Waals surface area contributed by atoms with Gasteiger partial charge in [0.25, 0.3) is 5.91 Å². The van der Waals surface area contributed by atoms with Crippen molar-refractivity contribution in [3.63, 3.8) is 0 Å². The number of fused-ring (bicyclic) bond motifs is 1. The smallest absolute Gasteiger partial charge is 0.339 e. The van der Waals surface area contributed by atoms with Gasteiger partial charge in [0.1, 0.15) is 0 Å². The second kappa shape index (κ2) is 6.83. The number of benzene rings is 2. The normalized spacial score (nSPS) is 19.0. The fraction of sp³-hybridized carbons (Fsp3) is 0.333. The maximum Gasteiger partial charge on any atom is 0.339 e. The summed E-state index contributed by atoms with van der Waals surface area (Å²) in [6.45, 7) is 4.16. The van der Waals surface area contributed by atoms with Crippen LogP contribution in [0.4, 0.5) is 11.4 Å². The Morgan fingerprint density at radius 1 is 1.15 bits per heavy atom. The summed E-state index contributed by atoms with van der Waals surface area (Å²) in [4.78, 5) is 27.1. The molecule has 1 saturated heterocycles. The summed E-state index contributed by atoms with van der Waals surface area (Å²) in [5, 5.41) is 2.91. The van der Waals surface area contributed by atoms with Crippen LogP contribution in [-0.2, 0) is 16.0 Å². The Morgan fingerprint density at radius 2 is 1.92 bits per heavy atom. The van der Waals surface area contributed by atoms with Gasteiger partial charge in [-0.05, 0) is 55.2 Å². The maximum atomic E-state index is 12.6. The van der Waals surface area contributed by atoms with Crippen molar-refractivity contribution in [2.24, 2.45) is 0 Å². The number of ether oxygens (including phenoxy) is 1. The first-order valence-electron chi connectivity index (χ1n) is 9.07. The highest BCUT2D eigenvalue weighted by Crippen LogP contribution is 2.27. The van der Waals surface area contributed by atoms with Crippen LogP contribution in [0.25, 0.3) is 0 Å². The minimum Gasteiger partial charge on any atom is -0.448 e. The molecule has 2 aromatic rings. The number of carbonyl (C=O) groups is 2. The highest BCUT2D eigenvalue weighted by atomic mass is 16.5. The summed E-state index contributed by atoms with van der Waals surface area (Å²) in [6.07, 6.45) is 2.06. The number of nitrogens with zero attached hydrogens (tertiary/aromatic N) is 1. The third-order valence-electron chi connectivity index (χ3n) is 5.12. The summed E-state index contributed by atoms with van der Waals surface area (Å²) in [5.41, 5.74) is 4.35. The van der Waals surface area contributed by atoms with E-state index in [-0.39, 0.29) is 5.91 Å². The molecule has 4 rings (SSSR count). The largest absolute Gasteiger partial charge is 0.448 e. The van der Waals surface area contributed by atoms with Crippen LogP contribution in [0, 0.1) is 6.92 Å². The van der Waals surface area contributed by atoms with E-state index >= 15 is 0 Å². The number of nitrogens with one attached hydrogen (secondary N) is 1. The van der Waals surface area contributed by atoms with Crippen molar-refractivity contribution in [1.29, 1.82) is 0 Å². The van der Waals surface area contributed by atoms with E-state index in [1.165, 1.54) is 18.5 Å². The van der Waals surface area contributed by atoms with Crippen LogP contribution < -0.4 is 10.2 Å². The summed E-state index contributed by atoms with van der Waals surface area (Å²) in [5.74, 6) is -0.724. The van der Waals surface area contributed by atoms with E-state index < -0.39 is 12.1 Å². The van der Waals surface area contributed by atoms with E-state index in [0.29, 0.717) is 12.0 Å². The minimum absolute atomic E-state index is 0.287. The zero-order valence-corrected chi connectivity index (χ0v) is 14.8. The van der Waals surface area contributed by atoms with Crippen LogP contribution in [0.1, 0.15) is 34.3 Å². The summed E-state index contributed by atoms with van der Waals surface area (Å²) >= 11 is 0. The number of rotatable bonds is 3. The Bertz CT molecular complexity index is 856. The van der Waals surface area contributed by atoms with Gasteiger partial charge in [-0.15, -0.1) is 0 Å². The molecule has 5 nitrogen and oxygen atoms in total. The van der Waals surface area contributed by atoms with Crippen molar-refractivity contribution < 1.29 is 14.3 Å². The molecule has 1 unspecified atom stereocenters. The van der Waals surface area contributed by atoms with Crippen LogP contribution in [0.2, 0.25) is 0 Å². The Kier molecular flexibility index (Phi) is 4.37. The molecule has 2 aliphatic heterocycles. The number of hydrogen-bond donors (Lipinski definition) is 1. The van der Waals surface area contributed by atoms with Crippen molar-refractivity contribution in [2.75, 3.05) is 23.3 Å². The summed E-state index contributed by atoms with van der Waals surface area (Å²) in [7, 11) is 0. The van der Waals surface area contributed by atoms with Gasteiger partial charge in [-0.3, -0.25) is 4.79 Å². The molecule has 2 aromatic carbocycles. The zero-order valence-electron chi connectivity index (χ0n) is 14.8. The Balaban J connectivity index is 1.47. The van der Waals surface area contributed by atoms with Gasteiger partial charge in [-0.25, -0.2) is 4.79 Å². The van der Waals surface area contributed by atoms with Crippen LogP contribution >= 0.6 is 0 Å². The molecule has 2 aliphatic rings. The van der Waals surface area contributed by atoms with E-state index in [1.807, 2.05) is 31.2 Å². The Hall–Kier alpha value is -2.82. The fourth-order valence-corrected chi connectivity index (χ4v) is 3.65. The Labute approximate surface area is 153 Å². The first-order chi connectivity index (χ1) is 12.6. The average molecular weight is 350 g/mol. The second-order valence-corrected chi connectivity index (χ2v) is 6.94. The predicted octanol–water partition coefficient (Wildman–Crippen LogP) is 3.32. The van der Waals surface area contributed by atoms with Crippen molar-refractivity contribution in [2.45, 2.75) is 32.3 Å². The van der Waals surface area contributed by atoms with E-state index in [0.717, 1.165) is 29.9 Å². The molecule has 1 atom stereocenters. The third kappa shape index (κ3) is 3.17. The van der Waals surface area contributed by atoms with Crippen LogP contribution in [0.5, 0.6) is 0 Å². The number of hydrogen-bond acceptors (Lipinski definition) is 4. The molecular weight excluding hydrogens is 328 g/mol. The quantitative estimate of drug-likeness (QED) is 0.863. The molecule has 0 radical (unpaired) electrons. The second-order valence-electron chi connectivity index (χ2n) is 6.94. The lowest BCUT2D eigenvalue weighted by Gasteiger charge is -2.24. The standard InChI is InChI=1S/C21H22N2O3/c1-14-12-16(23-10-4-5-11-23)8-9-18(14)22-20(24)19-13-15-6-2-3-7-17(15)21(25)26-19/h2-3,6-9,12,19H,4-5,10-11,13H2,1H3,(H,22,24). The lowest BCUT2D eigenvalue weighted by Crippen LogP contribution is -2.38. The highest BCUT2D eigenvalue weighted by molar-refractivity contribution is 6.00. The number of carbonyl (C=O) groups excluding carboxylic acids is 2. The number of aryl methyl sites for hydroxylation is 1. The van der Waals surface area contributed by atoms with Crippen LogP contribution in [0.3, 0.4) is 0 Å². The third-order valence-corrected chi connectivity index (χ3v) is 5.12. The molecule has 0 aromatic heterocycles. The van der Waals surface area contributed by atoms with E-state index in [1.54, 1.807) is 12.1 Å². The van der Waals surface area contributed by atoms with Gasteiger partial charge in [0.2, 0.25) is 0 Å². The minimum atomic E-state index is -0.796. The molecule has 1 fully saturated rings. The van der Waals surface area contributed by atoms with Gasteiger partial charge in [0.05, 0.1) is 5.56 Å². The van der Waals surface area contributed by atoms with E-state index in [9.17, 15) is 9.59 Å². The van der Waals surface area contributed by atoms with E-state index in [4.69, 9.17) is 4.74 Å². The van der Waals surface area contributed by atoms with Gasteiger partial charge in [-0.1, -0.05) is 18.2 Å². The molecule has 5 heteroatoms. The summed E-state index contributed by atoms with van der Waals surface area (Å²) in [6, 6.07) is 13.3. The molecule has 2 heterocycles. The molecule has 0 saturated carbocycles. The molecule has 1 N–H and O–H groups in total. The number of anilines is 2. The maximum absolute atomic E-state index is 12.6. The first kappa shape index (κ1) is 16.6. The van der Waals surface area contributed by atoms with E-state index in [2.05, 4.69) is 16.3 Å². The first-order valence-corrected chi connectivity index (χ1v) is 9.07. The molecule has 0 aliphatic carbocycles. The van der Waals surface area contributed by atoms with Crippen molar-refractivity contribution in [1.82, 2.24) is 0 Å². The molecule has 134 valence electrons. The molecule has 0 bridgehead atoms. The highest BCUT2D eigenvalue weighted by Gasteiger charge is 2.31. The van der Waals surface area contributed by atoms with Crippen LogP contribution in [-0.4, -0.2) is 31.1 Å². The van der Waals surface area contributed by atoms with Gasteiger partial charge in [0.15, 0.2) is 6.10 Å². The molecule has 26 heavy (non-hydrogen) atoms. The zero-order chi connectivity index (χ0) is 18.1. The van der Waals surface area contributed by atoms with Gasteiger partial charge in [0, 0.05) is 30.9 Å². The van der Waals surface area contributed by atoms with Gasteiger partial charge >= 0.3 is 5.97 Å².